The van der Waals surface area contributed by atoms with Crippen molar-refractivity contribution in [1.29, 1.82) is 0 Å². The van der Waals surface area contributed by atoms with Crippen molar-refractivity contribution in [3.63, 3.8) is 0 Å². The molecule has 1 heterocycles. The topological polar surface area (TPSA) is 56.7 Å². The van der Waals surface area contributed by atoms with Gasteiger partial charge in [-0.05, 0) is 30.9 Å². The van der Waals surface area contributed by atoms with Crippen LogP contribution in [0.15, 0.2) is 29.3 Å². The second-order valence-electron chi connectivity index (χ2n) is 5.84. The van der Waals surface area contributed by atoms with Gasteiger partial charge in [0.15, 0.2) is 5.96 Å². The zero-order valence-electron chi connectivity index (χ0n) is 14.3. The molecule has 0 aromatic heterocycles. The lowest BCUT2D eigenvalue weighted by atomic mass is 10.0. The Labute approximate surface area is 139 Å². The number of carbonyl (C=O) groups excluding carboxylic acids is 1. The minimum atomic E-state index is 0.0914. The highest BCUT2D eigenvalue weighted by molar-refractivity contribution is 5.98. The quantitative estimate of drug-likeness (QED) is 0.481. The van der Waals surface area contributed by atoms with Crippen molar-refractivity contribution in [2.75, 3.05) is 31.6 Å². The standard InChI is InChI=1S/C18H28N4O/c1-3-4-7-12-20-18(19-2)21-14-17(23)22-13-8-10-15-9-5-6-11-16(15)22/h5-6,9,11H,3-4,7-8,10,12-14H2,1-2H3,(H2,19,20,21). The number of fused-ring (bicyclic) bond motifs is 1. The Hall–Kier alpha value is -2.04. The molecule has 1 aliphatic heterocycles. The number of amides is 1. The molecular weight excluding hydrogens is 288 g/mol. The number of guanidine groups is 1. The fourth-order valence-corrected chi connectivity index (χ4v) is 2.85. The van der Waals surface area contributed by atoms with E-state index < -0.39 is 0 Å². The van der Waals surface area contributed by atoms with Crippen molar-refractivity contribution >= 4 is 17.6 Å². The van der Waals surface area contributed by atoms with Gasteiger partial charge in [0.25, 0.3) is 0 Å². The molecule has 0 spiro atoms. The van der Waals surface area contributed by atoms with Gasteiger partial charge in [-0.15, -0.1) is 0 Å². The van der Waals surface area contributed by atoms with Gasteiger partial charge in [0.1, 0.15) is 0 Å². The number of carbonyl (C=O) groups is 1. The molecule has 5 nitrogen and oxygen atoms in total. The summed E-state index contributed by atoms with van der Waals surface area (Å²) in [6, 6.07) is 8.17. The summed E-state index contributed by atoms with van der Waals surface area (Å²) in [6.45, 7) is 4.12. The first-order valence-electron chi connectivity index (χ1n) is 8.59. The van der Waals surface area contributed by atoms with Crippen molar-refractivity contribution in [2.45, 2.75) is 39.0 Å². The largest absolute Gasteiger partial charge is 0.356 e. The molecule has 0 unspecified atom stereocenters. The molecule has 1 aromatic carbocycles. The molecule has 2 rings (SSSR count). The lowest BCUT2D eigenvalue weighted by Gasteiger charge is -2.29. The van der Waals surface area contributed by atoms with E-state index in [2.05, 4.69) is 28.6 Å². The second kappa shape index (κ2) is 9.18. The van der Waals surface area contributed by atoms with Gasteiger partial charge in [0.05, 0.1) is 6.54 Å². The van der Waals surface area contributed by atoms with E-state index in [9.17, 15) is 4.79 Å². The Morgan fingerprint density at radius 2 is 2.09 bits per heavy atom. The van der Waals surface area contributed by atoms with E-state index in [4.69, 9.17) is 0 Å². The van der Waals surface area contributed by atoms with Gasteiger partial charge in [-0.2, -0.15) is 0 Å². The number of unbranched alkanes of at least 4 members (excludes halogenated alkanes) is 2. The van der Waals surface area contributed by atoms with Crippen molar-refractivity contribution < 1.29 is 4.79 Å². The summed E-state index contributed by atoms with van der Waals surface area (Å²) in [4.78, 5) is 18.6. The number of anilines is 1. The Bertz CT molecular complexity index is 542. The summed E-state index contributed by atoms with van der Waals surface area (Å²) in [7, 11) is 1.73. The van der Waals surface area contributed by atoms with Crippen LogP contribution >= 0.6 is 0 Å². The molecule has 0 aliphatic carbocycles. The van der Waals surface area contributed by atoms with Crippen LogP contribution in [0.25, 0.3) is 0 Å². The van der Waals surface area contributed by atoms with Gasteiger partial charge < -0.3 is 15.5 Å². The maximum absolute atomic E-state index is 12.5. The number of aliphatic imine (C=N–C) groups is 1. The highest BCUT2D eigenvalue weighted by atomic mass is 16.2. The van der Waals surface area contributed by atoms with Gasteiger partial charge in [0, 0.05) is 25.8 Å². The van der Waals surface area contributed by atoms with E-state index in [1.807, 2.05) is 23.1 Å². The van der Waals surface area contributed by atoms with E-state index in [0.717, 1.165) is 38.0 Å². The summed E-state index contributed by atoms with van der Waals surface area (Å²) in [5.41, 5.74) is 2.31. The number of nitrogens with zero attached hydrogens (tertiary/aromatic N) is 2. The Kier molecular flexibility index (Phi) is 6.91. The Morgan fingerprint density at radius 1 is 1.26 bits per heavy atom. The number of hydrogen-bond acceptors (Lipinski definition) is 2. The van der Waals surface area contributed by atoms with Crippen LogP contribution in [-0.2, 0) is 11.2 Å². The van der Waals surface area contributed by atoms with Gasteiger partial charge in [0.2, 0.25) is 5.91 Å². The fraction of sp³-hybridized carbons (Fsp3) is 0.556. The van der Waals surface area contributed by atoms with E-state index in [0.29, 0.717) is 5.96 Å². The van der Waals surface area contributed by atoms with E-state index >= 15 is 0 Å². The third-order valence-electron chi connectivity index (χ3n) is 4.11. The van der Waals surface area contributed by atoms with E-state index in [1.165, 1.54) is 18.4 Å². The molecule has 126 valence electrons. The molecule has 1 aliphatic rings. The van der Waals surface area contributed by atoms with Gasteiger partial charge in [-0.25, -0.2) is 0 Å². The third-order valence-corrected chi connectivity index (χ3v) is 4.11. The minimum Gasteiger partial charge on any atom is -0.356 e. The van der Waals surface area contributed by atoms with Crippen LogP contribution in [-0.4, -0.2) is 38.5 Å². The van der Waals surface area contributed by atoms with E-state index in [-0.39, 0.29) is 12.5 Å². The van der Waals surface area contributed by atoms with Crippen LogP contribution < -0.4 is 15.5 Å². The van der Waals surface area contributed by atoms with Gasteiger partial charge in [-0.3, -0.25) is 9.79 Å². The van der Waals surface area contributed by atoms with Crippen LogP contribution in [0.5, 0.6) is 0 Å². The van der Waals surface area contributed by atoms with Crippen molar-refractivity contribution in [1.82, 2.24) is 10.6 Å². The lowest BCUT2D eigenvalue weighted by molar-refractivity contribution is -0.117. The third kappa shape index (κ3) is 4.98. The summed E-state index contributed by atoms with van der Waals surface area (Å²) in [5.74, 6) is 0.786. The molecule has 5 heteroatoms. The maximum atomic E-state index is 12.5. The van der Waals surface area contributed by atoms with Crippen LogP contribution in [0.4, 0.5) is 5.69 Å². The molecule has 1 amide bonds. The highest BCUT2D eigenvalue weighted by Gasteiger charge is 2.21. The second-order valence-corrected chi connectivity index (χ2v) is 5.84. The predicted molar refractivity (Wildman–Crippen MR) is 96.0 cm³/mol. The summed E-state index contributed by atoms with van der Waals surface area (Å²) >= 11 is 0. The normalized spacial score (nSPS) is 14.3. The molecule has 23 heavy (non-hydrogen) atoms. The van der Waals surface area contributed by atoms with E-state index in [1.54, 1.807) is 7.05 Å². The molecule has 0 atom stereocenters. The first-order valence-corrected chi connectivity index (χ1v) is 8.59. The average Bonchev–Trinajstić information content (AvgIpc) is 2.60. The first kappa shape index (κ1) is 17.3. The van der Waals surface area contributed by atoms with Crippen LogP contribution in [0.3, 0.4) is 0 Å². The zero-order chi connectivity index (χ0) is 16.5. The molecular formula is C18H28N4O. The highest BCUT2D eigenvalue weighted by Crippen LogP contribution is 2.26. The lowest BCUT2D eigenvalue weighted by Crippen LogP contribution is -2.46. The number of benzene rings is 1. The number of hydrogen-bond donors (Lipinski definition) is 2. The Morgan fingerprint density at radius 3 is 2.87 bits per heavy atom. The van der Waals surface area contributed by atoms with Crippen molar-refractivity contribution in [3.8, 4) is 0 Å². The van der Waals surface area contributed by atoms with Crippen LogP contribution in [0, 0.1) is 0 Å². The summed E-state index contributed by atoms with van der Waals surface area (Å²) in [5, 5.41) is 6.37. The number of nitrogens with one attached hydrogen (secondary N) is 2. The maximum Gasteiger partial charge on any atom is 0.246 e. The predicted octanol–water partition coefficient (Wildman–Crippen LogP) is 2.32. The fourth-order valence-electron chi connectivity index (χ4n) is 2.85. The number of para-hydroxylation sites is 1. The minimum absolute atomic E-state index is 0.0914. The summed E-state index contributed by atoms with van der Waals surface area (Å²) < 4.78 is 0. The van der Waals surface area contributed by atoms with Crippen LogP contribution in [0.2, 0.25) is 0 Å². The van der Waals surface area contributed by atoms with Crippen LogP contribution in [0.1, 0.15) is 38.2 Å². The Balaban J connectivity index is 1.85. The molecule has 2 N–H and O–H groups in total. The first-order chi connectivity index (χ1) is 11.3. The summed E-state index contributed by atoms with van der Waals surface area (Å²) in [6.07, 6.45) is 5.58. The number of rotatable bonds is 6. The molecule has 0 fully saturated rings. The monoisotopic (exact) mass is 316 g/mol. The zero-order valence-corrected chi connectivity index (χ0v) is 14.3. The molecule has 0 saturated carbocycles. The van der Waals surface area contributed by atoms with Crippen molar-refractivity contribution in [3.05, 3.63) is 29.8 Å². The smallest absolute Gasteiger partial charge is 0.246 e. The molecule has 0 radical (unpaired) electrons. The molecule has 0 saturated heterocycles. The SMILES string of the molecule is CCCCCNC(=NC)NCC(=O)N1CCCc2ccccc21. The molecule has 1 aromatic rings. The average molecular weight is 316 g/mol. The van der Waals surface area contributed by atoms with Gasteiger partial charge >= 0.3 is 0 Å². The number of aryl methyl sites for hydroxylation is 1. The molecule has 0 bridgehead atoms. The van der Waals surface area contributed by atoms with Gasteiger partial charge in [-0.1, -0.05) is 38.0 Å². The van der Waals surface area contributed by atoms with Crippen molar-refractivity contribution in [2.24, 2.45) is 4.99 Å².